The number of hydrogen-bond acceptors (Lipinski definition) is 6. The van der Waals surface area contributed by atoms with Crippen molar-refractivity contribution >= 4 is 61.8 Å². The maximum Gasteiger partial charge on any atom is 0.319 e. The van der Waals surface area contributed by atoms with Gasteiger partial charge < -0.3 is 10.6 Å². The lowest BCUT2D eigenvalue weighted by Crippen LogP contribution is -2.49. The van der Waals surface area contributed by atoms with Gasteiger partial charge in [0.1, 0.15) is 11.0 Å². The van der Waals surface area contributed by atoms with E-state index in [1.54, 1.807) is 11.8 Å². The minimum Gasteiger partial charge on any atom is -0.326 e. The molecule has 10 heteroatoms. The fraction of sp³-hybridized carbons (Fsp3) is 0.273. The molecule has 0 saturated heterocycles. The van der Waals surface area contributed by atoms with Crippen LogP contribution in [0.1, 0.15) is 20.3 Å². The number of halogens is 1. The number of carbonyl (C=O) groups is 2. The van der Waals surface area contributed by atoms with Crippen molar-refractivity contribution < 1.29 is 9.59 Å². The number of nitrogens with zero attached hydrogens (tertiary/aromatic N) is 2. The molecule has 3 amide bonds. The number of anilines is 2. The highest BCUT2D eigenvalue weighted by atomic mass is 79.9. The largest absolute Gasteiger partial charge is 0.326 e. The quantitative estimate of drug-likeness (QED) is 0.315. The molecule has 3 N–H and O–H groups in total. The summed E-state index contributed by atoms with van der Waals surface area (Å²) in [4.78, 5) is 26.6. The number of amides is 3. The van der Waals surface area contributed by atoms with Crippen molar-refractivity contribution in [3.05, 3.63) is 53.0 Å². The zero-order valence-electron chi connectivity index (χ0n) is 17.9. The summed E-state index contributed by atoms with van der Waals surface area (Å²) in [5, 5.41) is 17.7. The Morgan fingerprint density at radius 3 is 2.38 bits per heavy atom. The average Bonchev–Trinajstić information content (AvgIpc) is 3.26. The maximum atomic E-state index is 13.0. The van der Waals surface area contributed by atoms with Crippen molar-refractivity contribution in [1.82, 2.24) is 15.5 Å². The monoisotopic (exact) mass is 533 g/mol. The van der Waals surface area contributed by atoms with Crippen LogP contribution in [0.15, 0.2) is 57.9 Å². The first-order valence-electron chi connectivity index (χ1n) is 10.0. The van der Waals surface area contributed by atoms with Gasteiger partial charge in [0.15, 0.2) is 0 Å². The zero-order valence-corrected chi connectivity index (χ0v) is 21.1. The van der Waals surface area contributed by atoms with E-state index < -0.39 is 12.1 Å². The molecule has 2 atom stereocenters. The number of urea groups is 1. The van der Waals surface area contributed by atoms with Crippen LogP contribution in [-0.2, 0) is 4.79 Å². The van der Waals surface area contributed by atoms with Crippen LogP contribution in [0.2, 0.25) is 0 Å². The van der Waals surface area contributed by atoms with E-state index in [2.05, 4.69) is 42.1 Å². The SMILES string of the molecule is CCC(C)C(NC(=O)Nc1ccc(SC)cc1)C(=O)Nc1nnc(-c2ccc(Br)cc2)s1. The number of rotatable bonds is 8. The molecule has 2 unspecified atom stereocenters. The van der Waals surface area contributed by atoms with Crippen LogP contribution >= 0.6 is 39.0 Å². The van der Waals surface area contributed by atoms with Gasteiger partial charge in [-0.05, 0) is 48.6 Å². The zero-order chi connectivity index (χ0) is 23.1. The minimum atomic E-state index is -0.717. The summed E-state index contributed by atoms with van der Waals surface area (Å²) >= 11 is 6.32. The molecule has 0 spiro atoms. The van der Waals surface area contributed by atoms with E-state index in [0.717, 1.165) is 21.4 Å². The molecule has 3 rings (SSSR count). The van der Waals surface area contributed by atoms with Crippen molar-refractivity contribution in [2.45, 2.75) is 31.2 Å². The smallest absolute Gasteiger partial charge is 0.319 e. The third-order valence-corrected chi connectivity index (χ3v) is 7.04. The van der Waals surface area contributed by atoms with E-state index in [4.69, 9.17) is 0 Å². The molecule has 1 heterocycles. The Kier molecular flexibility index (Phi) is 8.66. The highest BCUT2D eigenvalue weighted by molar-refractivity contribution is 9.10. The summed E-state index contributed by atoms with van der Waals surface area (Å²) in [7, 11) is 0. The van der Waals surface area contributed by atoms with Crippen LogP contribution in [0.5, 0.6) is 0 Å². The predicted octanol–water partition coefficient (Wildman–Crippen LogP) is 5.86. The second kappa shape index (κ2) is 11.4. The highest BCUT2D eigenvalue weighted by Gasteiger charge is 2.27. The fourth-order valence-electron chi connectivity index (χ4n) is 2.85. The molecular formula is C22H24BrN5O2S2. The van der Waals surface area contributed by atoms with Gasteiger partial charge in [-0.1, -0.05) is 59.7 Å². The molecule has 0 aliphatic carbocycles. The fourth-order valence-corrected chi connectivity index (χ4v) is 4.28. The number of aromatic nitrogens is 2. The van der Waals surface area contributed by atoms with Gasteiger partial charge in [-0.15, -0.1) is 22.0 Å². The summed E-state index contributed by atoms with van der Waals surface area (Å²) in [6.07, 6.45) is 2.71. The Labute approximate surface area is 203 Å². The lowest BCUT2D eigenvalue weighted by Gasteiger charge is -2.23. The standard InChI is InChI=1S/C22H24BrN5O2S2/c1-4-13(2)18(25-21(30)24-16-9-11-17(31-3)12-10-16)19(29)26-22-28-27-20(32-22)14-5-7-15(23)8-6-14/h5-13,18H,4H2,1-3H3,(H2,24,25,30)(H,26,28,29). The van der Waals surface area contributed by atoms with Crippen LogP contribution in [-0.4, -0.2) is 34.4 Å². The third-order valence-electron chi connectivity index (χ3n) is 4.88. The molecule has 0 fully saturated rings. The topological polar surface area (TPSA) is 96.0 Å². The number of carbonyl (C=O) groups excluding carboxylic acids is 2. The molecule has 2 aromatic carbocycles. The molecule has 168 valence electrons. The van der Waals surface area contributed by atoms with Crippen molar-refractivity contribution in [3.63, 3.8) is 0 Å². The predicted molar refractivity (Wildman–Crippen MR) is 135 cm³/mol. The Hall–Kier alpha value is -2.43. The van der Waals surface area contributed by atoms with Gasteiger partial charge in [0, 0.05) is 20.6 Å². The van der Waals surface area contributed by atoms with Crippen molar-refractivity contribution in [2.24, 2.45) is 5.92 Å². The average molecular weight is 535 g/mol. The lowest BCUT2D eigenvalue weighted by molar-refractivity contribution is -0.119. The summed E-state index contributed by atoms with van der Waals surface area (Å²) < 4.78 is 0.972. The van der Waals surface area contributed by atoms with Gasteiger partial charge in [-0.25, -0.2) is 4.79 Å². The van der Waals surface area contributed by atoms with Crippen molar-refractivity contribution in [1.29, 1.82) is 0 Å². The highest BCUT2D eigenvalue weighted by Crippen LogP contribution is 2.27. The molecule has 32 heavy (non-hydrogen) atoms. The molecule has 0 saturated carbocycles. The Bertz CT molecular complexity index is 1060. The number of benzene rings is 2. The van der Waals surface area contributed by atoms with E-state index in [-0.39, 0.29) is 11.8 Å². The van der Waals surface area contributed by atoms with E-state index in [1.807, 2.05) is 68.6 Å². The van der Waals surface area contributed by atoms with Gasteiger partial charge in [0.2, 0.25) is 11.0 Å². The van der Waals surface area contributed by atoms with Gasteiger partial charge in [-0.3, -0.25) is 10.1 Å². The maximum absolute atomic E-state index is 13.0. The van der Waals surface area contributed by atoms with Crippen molar-refractivity contribution in [2.75, 3.05) is 16.9 Å². The third kappa shape index (κ3) is 6.54. The number of hydrogen-bond donors (Lipinski definition) is 3. The molecule has 0 radical (unpaired) electrons. The Morgan fingerprint density at radius 2 is 1.75 bits per heavy atom. The molecule has 3 aromatic rings. The molecule has 1 aromatic heterocycles. The first-order valence-corrected chi connectivity index (χ1v) is 12.8. The van der Waals surface area contributed by atoms with Gasteiger partial charge in [-0.2, -0.15) is 0 Å². The first kappa shape index (κ1) is 24.2. The lowest BCUT2D eigenvalue weighted by atomic mass is 9.98. The molecule has 7 nitrogen and oxygen atoms in total. The summed E-state index contributed by atoms with van der Waals surface area (Å²) in [6.45, 7) is 3.90. The van der Waals surface area contributed by atoms with Gasteiger partial charge >= 0.3 is 6.03 Å². The van der Waals surface area contributed by atoms with Crippen LogP contribution in [0.25, 0.3) is 10.6 Å². The molecular weight excluding hydrogens is 510 g/mol. The first-order chi connectivity index (χ1) is 15.4. The van der Waals surface area contributed by atoms with E-state index >= 15 is 0 Å². The summed E-state index contributed by atoms with van der Waals surface area (Å²) in [5.41, 5.74) is 1.57. The van der Waals surface area contributed by atoms with E-state index in [9.17, 15) is 9.59 Å². The second-order valence-electron chi connectivity index (χ2n) is 7.10. The van der Waals surface area contributed by atoms with E-state index in [0.29, 0.717) is 15.8 Å². The van der Waals surface area contributed by atoms with Crippen LogP contribution < -0.4 is 16.0 Å². The number of thioether (sulfide) groups is 1. The molecule has 0 bridgehead atoms. The normalized spacial score (nSPS) is 12.6. The van der Waals surface area contributed by atoms with Gasteiger partial charge in [0.25, 0.3) is 0 Å². The Morgan fingerprint density at radius 1 is 1.06 bits per heavy atom. The van der Waals surface area contributed by atoms with Crippen LogP contribution in [0, 0.1) is 5.92 Å². The summed E-state index contributed by atoms with van der Waals surface area (Å²) in [6, 6.07) is 14.1. The Balaban J connectivity index is 1.65. The van der Waals surface area contributed by atoms with Crippen LogP contribution in [0.3, 0.4) is 0 Å². The minimum absolute atomic E-state index is 0.0708. The molecule has 0 aliphatic heterocycles. The number of nitrogens with one attached hydrogen (secondary N) is 3. The summed E-state index contributed by atoms with van der Waals surface area (Å²) in [5.74, 6) is -0.399. The van der Waals surface area contributed by atoms with Crippen LogP contribution in [0.4, 0.5) is 15.6 Å². The van der Waals surface area contributed by atoms with E-state index in [1.165, 1.54) is 11.3 Å². The molecule has 0 aliphatic rings. The second-order valence-corrected chi connectivity index (χ2v) is 9.87. The van der Waals surface area contributed by atoms with Gasteiger partial charge in [0.05, 0.1) is 0 Å². The van der Waals surface area contributed by atoms with Crippen molar-refractivity contribution in [3.8, 4) is 10.6 Å².